The third-order valence-electron chi connectivity index (χ3n) is 2.14. The Morgan fingerprint density at radius 2 is 2.19 bits per heavy atom. The second kappa shape index (κ2) is 6.71. The lowest BCUT2D eigenvalue weighted by atomic mass is 10.2. The Hall–Kier alpha value is -0.800. The van der Waals surface area contributed by atoms with Crippen LogP contribution in [0, 0.1) is 0 Å². The highest BCUT2D eigenvalue weighted by molar-refractivity contribution is 9.10. The quantitative estimate of drug-likeness (QED) is 0.894. The van der Waals surface area contributed by atoms with Crippen molar-refractivity contribution in [1.82, 2.24) is 5.32 Å². The predicted octanol–water partition coefficient (Wildman–Crippen LogP) is 3.47. The smallest absolute Gasteiger partial charge is 0.119 e. The molecule has 0 saturated carbocycles. The standard InChI is InChI=1S/C13H18BrNO/c1-10(2)15-8-4-5-11-9-12(16-3)6-7-13(11)14/h4-7,9-10,15H,8H2,1-3H3/b5-4+. The van der Waals surface area contributed by atoms with Crippen LogP contribution in [0.5, 0.6) is 5.75 Å². The molecule has 2 nitrogen and oxygen atoms in total. The summed E-state index contributed by atoms with van der Waals surface area (Å²) in [5.41, 5.74) is 1.13. The maximum Gasteiger partial charge on any atom is 0.119 e. The summed E-state index contributed by atoms with van der Waals surface area (Å²) in [6.07, 6.45) is 4.20. The highest BCUT2D eigenvalue weighted by Gasteiger charge is 1.98. The first kappa shape index (κ1) is 13.3. The second-order valence-electron chi connectivity index (χ2n) is 3.85. The summed E-state index contributed by atoms with van der Waals surface area (Å²) in [7, 11) is 1.68. The van der Waals surface area contributed by atoms with Gasteiger partial charge in [-0.15, -0.1) is 0 Å². The zero-order valence-corrected chi connectivity index (χ0v) is 11.5. The van der Waals surface area contributed by atoms with Gasteiger partial charge in [-0.3, -0.25) is 0 Å². The average molecular weight is 284 g/mol. The molecule has 0 saturated heterocycles. The number of methoxy groups -OCH3 is 1. The zero-order valence-electron chi connectivity index (χ0n) is 9.96. The van der Waals surface area contributed by atoms with Gasteiger partial charge in [-0.1, -0.05) is 41.9 Å². The predicted molar refractivity (Wildman–Crippen MR) is 72.9 cm³/mol. The van der Waals surface area contributed by atoms with E-state index < -0.39 is 0 Å². The van der Waals surface area contributed by atoms with Gasteiger partial charge in [0.25, 0.3) is 0 Å². The molecule has 0 atom stereocenters. The van der Waals surface area contributed by atoms with E-state index in [4.69, 9.17) is 4.74 Å². The van der Waals surface area contributed by atoms with Crippen molar-refractivity contribution in [2.45, 2.75) is 19.9 Å². The third kappa shape index (κ3) is 4.37. The van der Waals surface area contributed by atoms with E-state index in [1.807, 2.05) is 18.2 Å². The largest absolute Gasteiger partial charge is 0.497 e. The Labute approximate surface area is 106 Å². The zero-order chi connectivity index (χ0) is 12.0. The summed E-state index contributed by atoms with van der Waals surface area (Å²) in [5.74, 6) is 0.875. The van der Waals surface area contributed by atoms with Crippen LogP contribution in [0.4, 0.5) is 0 Å². The van der Waals surface area contributed by atoms with Crippen LogP contribution < -0.4 is 10.1 Å². The Bertz CT molecular complexity index is 361. The first-order valence-electron chi connectivity index (χ1n) is 5.37. The van der Waals surface area contributed by atoms with Crippen LogP contribution in [-0.4, -0.2) is 19.7 Å². The minimum absolute atomic E-state index is 0.512. The molecule has 0 spiro atoms. The van der Waals surface area contributed by atoms with Crippen molar-refractivity contribution in [3.8, 4) is 5.75 Å². The molecule has 0 fully saturated rings. The summed E-state index contributed by atoms with van der Waals surface area (Å²) in [4.78, 5) is 0. The lowest BCUT2D eigenvalue weighted by molar-refractivity contribution is 0.414. The number of hydrogen-bond donors (Lipinski definition) is 1. The minimum Gasteiger partial charge on any atom is -0.497 e. The van der Waals surface area contributed by atoms with Gasteiger partial charge >= 0.3 is 0 Å². The van der Waals surface area contributed by atoms with Crippen molar-refractivity contribution >= 4 is 22.0 Å². The van der Waals surface area contributed by atoms with Crippen molar-refractivity contribution in [2.24, 2.45) is 0 Å². The van der Waals surface area contributed by atoms with Gasteiger partial charge in [-0.25, -0.2) is 0 Å². The van der Waals surface area contributed by atoms with Gasteiger partial charge in [0.15, 0.2) is 0 Å². The SMILES string of the molecule is COc1ccc(Br)c(/C=C/CNC(C)C)c1. The topological polar surface area (TPSA) is 21.3 Å². The number of nitrogens with one attached hydrogen (secondary N) is 1. The highest BCUT2D eigenvalue weighted by Crippen LogP contribution is 2.23. The Morgan fingerprint density at radius 3 is 2.81 bits per heavy atom. The summed E-state index contributed by atoms with van der Waals surface area (Å²) < 4.78 is 6.26. The molecular formula is C13H18BrNO. The van der Waals surface area contributed by atoms with Crippen LogP contribution in [-0.2, 0) is 0 Å². The van der Waals surface area contributed by atoms with Crippen molar-refractivity contribution in [1.29, 1.82) is 0 Å². The molecule has 0 unspecified atom stereocenters. The molecule has 0 bridgehead atoms. The summed E-state index contributed by atoms with van der Waals surface area (Å²) in [5, 5.41) is 3.33. The normalized spacial score (nSPS) is 11.3. The van der Waals surface area contributed by atoms with Gasteiger partial charge in [0.1, 0.15) is 5.75 Å². The molecule has 88 valence electrons. The summed E-state index contributed by atoms with van der Waals surface area (Å²) in [6.45, 7) is 5.14. The van der Waals surface area contributed by atoms with Gasteiger partial charge in [-0.05, 0) is 23.8 Å². The van der Waals surface area contributed by atoms with Gasteiger partial charge < -0.3 is 10.1 Å². The number of ether oxygens (including phenoxy) is 1. The van der Waals surface area contributed by atoms with Crippen LogP contribution in [0.3, 0.4) is 0 Å². The fraction of sp³-hybridized carbons (Fsp3) is 0.385. The Morgan fingerprint density at radius 1 is 1.44 bits per heavy atom. The van der Waals surface area contributed by atoms with Gasteiger partial charge in [0, 0.05) is 17.1 Å². The maximum atomic E-state index is 5.18. The van der Waals surface area contributed by atoms with Gasteiger partial charge in [0.2, 0.25) is 0 Å². The number of rotatable bonds is 5. The molecule has 16 heavy (non-hydrogen) atoms. The van der Waals surface area contributed by atoms with Gasteiger partial charge in [0.05, 0.1) is 7.11 Å². The highest BCUT2D eigenvalue weighted by atomic mass is 79.9. The average Bonchev–Trinajstić information content (AvgIpc) is 2.26. The molecule has 0 aliphatic rings. The van der Waals surface area contributed by atoms with Crippen molar-refractivity contribution in [3.63, 3.8) is 0 Å². The number of halogens is 1. The van der Waals surface area contributed by atoms with E-state index in [9.17, 15) is 0 Å². The Kier molecular flexibility index (Phi) is 5.56. The molecule has 1 aromatic carbocycles. The van der Waals surface area contributed by atoms with E-state index in [-0.39, 0.29) is 0 Å². The van der Waals surface area contributed by atoms with Crippen LogP contribution in [0.25, 0.3) is 6.08 Å². The molecule has 0 aliphatic heterocycles. The minimum atomic E-state index is 0.512. The van der Waals surface area contributed by atoms with E-state index in [0.717, 1.165) is 22.3 Å². The second-order valence-corrected chi connectivity index (χ2v) is 4.71. The molecule has 0 heterocycles. The number of hydrogen-bond acceptors (Lipinski definition) is 2. The molecule has 0 aliphatic carbocycles. The van der Waals surface area contributed by atoms with E-state index in [1.165, 1.54) is 0 Å². The fourth-order valence-electron chi connectivity index (χ4n) is 1.27. The molecule has 1 N–H and O–H groups in total. The van der Waals surface area contributed by atoms with Crippen LogP contribution in [0.15, 0.2) is 28.7 Å². The number of benzene rings is 1. The molecule has 1 aromatic rings. The van der Waals surface area contributed by atoms with Crippen molar-refractivity contribution in [3.05, 3.63) is 34.3 Å². The molecular weight excluding hydrogens is 266 g/mol. The van der Waals surface area contributed by atoms with Crippen LogP contribution in [0.2, 0.25) is 0 Å². The van der Waals surface area contributed by atoms with E-state index in [0.29, 0.717) is 6.04 Å². The molecule has 0 aromatic heterocycles. The molecule has 0 amide bonds. The van der Waals surface area contributed by atoms with E-state index in [2.05, 4.69) is 47.2 Å². The monoisotopic (exact) mass is 283 g/mol. The lowest BCUT2D eigenvalue weighted by Gasteiger charge is -2.05. The lowest BCUT2D eigenvalue weighted by Crippen LogP contribution is -2.22. The van der Waals surface area contributed by atoms with E-state index in [1.54, 1.807) is 7.11 Å². The van der Waals surface area contributed by atoms with Crippen molar-refractivity contribution in [2.75, 3.05) is 13.7 Å². The summed E-state index contributed by atoms with van der Waals surface area (Å²) in [6, 6.07) is 6.45. The Balaban J connectivity index is 2.64. The summed E-state index contributed by atoms with van der Waals surface area (Å²) >= 11 is 3.51. The van der Waals surface area contributed by atoms with Crippen LogP contribution >= 0.6 is 15.9 Å². The first-order valence-corrected chi connectivity index (χ1v) is 6.16. The first-order chi connectivity index (χ1) is 7.63. The molecule has 3 heteroatoms. The molecule has 0 radical (unpaired) electrons. The maximum absolute atomic E-state index is 5.18. The van der Waals surface area contributed by atoms with Crippen LogP contribution in [0.1, 0.15) is 19.4 Å². The third-order valence-corrected chi connectivity index (χ3v) is 2.87. The van der Waals surface area contributed by atoms with E-state index >= 15 is 0 Å². The van der Waals surface area contributed by atoms with Crippen molar-refractivity contribution < 1.29 is 4.74 Å². The van der Waals surface area contributed by atoms with Gasteiger partial charge in [-0.2, -0.15) is 0 Å². The molecule has 1 rings (SSSR count). The fourth-order valence-corrected chi connectivity index (χ4v) is 1.64.